The Kier molecular flexibility index (Phi) is 7.83. The van der Waals surface area contributed by atoms with E-state index in [0.29, 0.717) is 5.56 Å². The molecule has 0 bridgehead atoms. The van der Waals surface area contributed by atoms with E-state index in [2.05, 4.69) is 45.2 Å². The van der Waals surface area contributed by atoms with Crippen molar-refractivity contribution in [1.29, 1.82) is 0 Å². The summed E-state index contributed by atoms with van der Waals surface area (Å²) < 4.78 is 1.89. The van der Waals surface area contributed by atoms with Crippen LogP contribution < -0.4 is 0 Å². The monoisotopic (exact) mass is 650 g/mol. The van der Waals surface area contributed by atoms with Crippen LogP contribution in [0.2, 0.25) is 0 Å². The minimum absolute atomic E-state index is 0.0591. The molecule has 1 saturated carbocycles. The number of hydrogen-bond acceptors (Lipinski definition) is 4. The van der Waals surface area contributed by atoms with Crippen molar-refractivity contribution in [3.8, 4) is 22.6 Å². The maximum Gasteiger partial charge on any atom is 0.137 e. The minimum Gasteiger partial charge on any atom is -0.507 e. The van der Waals surface area contributed by atoms with E-state index in [1.54, 1.807) is 12.4 Å². The van der Waals surface area contributed by atoms with Gasteiger partial charge in [0, 0.05) is 32.7 Å². The molecule has 4 nitrogen and oxygen atoms in total. The van der Waals surface area contributed by atoms with Crippen LogP contribution in [0, 0.1) is 7.14 Å². The van der Waals surface area contributed by atoms with Crippen molar-refractivity contribution in [2.75, 3.05) is 0 Å². The van der Waals surface area contributed by atoms with Gasteiger partial charge in [-0.15, -0.1) is 0 Å². The van der Waals surface area contributed by atoms with Gasteiger partial charge < -0.3 is 10.2 Å². The molecule has 1 aliphatic carbocycles. The van der Waals surface area contributed by atoms with Gasteiger partial charge in [-0.3, -0.25) is 9.98 Å². The van der Waals surface area contributed by atoms with Crippen molar-refractivity contribution in [3.05, 3.63) is 78.9 Å². The molecule has 0 aliphatic heterocycles. The molecule has 0 radical (unpaired) electrons. The van der Waals surface area contributed by atoms with Gasteiger partial charge >= 0.3 is 0 Å². The molecular formula is C26H24I2N2O2. The molecule has 4 rings (SSSR count). The van der Waals surface area contributed by atoms with Crippen molar-refractivity contribution in [1.82, 2.24) is 0 Å². The zero-order valence-corrected chi connectivity index (χ0v) is 21.8. The Morgan fingerprint density at radius 3 is 2.09 bits per heavy atom. The fraction of sp³-hybridized carbons (Fsp3) is 0.231. The van der Waals surface area contributed by atoms with E-state index in [1.165, 1.54) is 0 Å². The van der Waals surface area contributed by atoms with E-state index in [1.807, 2.05) is 60.7 Å². The summed E-state index contributed by atoms with van der Waals surface area (Å²) in [5.41, 5.74) is 3.23. The molecule has 2 N–H and O–H groups in total. The predicted molar refractivity (Wildman–Crippen MR) is 148 cm³/mol. The largest absolute Gasteiger partial charge is 0.507 e. The van der Waals surface area contributed by atoms with E-state index in [9.17, 15) is 10.2 Å². The molecule has 0 aromatic heterocycles. The number of rotatable bonds is 5. The van der Waals surface area contributed by atoms with E-state index in [4.69, 9.17) is 9.98 Å². The number of phenolic OH excluding ortho intramolecular Hbond substituents is 2. The summed E-state index contributed by atoms with van der Waals surface area (Å²) in [6.07, 6.45) is 7.75. The number of phenols is 2. The Hall–Kier alpha value is -1.94. The number of nitrogens with zero attached hydrogens (tertiary/aromatic N) is 2. The normalized spacial score (nSPS) is 19.1. The Morgan fingerprint density at radius 1 is 0.750 bits per heavy atom. The minimum atomic E-state index is 0.0591. The summed E-state index contributed by atoms with van der Waals surface area (Å²) in [5.74, 6) is 0.518. The first kappa shape index (κ1) is 23.2. The van der Waals surface area contributed by atoms with Gasteiger partial charge in [0.2, 0.25) is 0 Å². The van der Waals surface area contributed by atoms with Crippen molar-refractivity contribution in [2.45, 2.75) is 37.8 Å². The number of halogens is 2. The van der Waals surface area contributed by atoms with Gasteiger partial charge in [-0.2, -0.15) is 0 Å². The molecule has 0 amide bonds. The number of benzene rings is 3. The van der Waals surface area contributed by atoms with Crippen molar-refractivity contribution < 1.29 is 10.2 Å². The first-order valence-electron chi connectivity index (χ1n) is 10.6. The van der Waals surface area contributed by atoms with Gasteiger partial charge in [0.05, 0.1) is 15.7 Å². The molecule has 32 heavy (non-hydrogen) atoms. The Balaban J connectivity index is 1.56. The van der Waals surface area contributed by atoms with Crippen molar-refractivity contribution >= 4 is 57.6 Å². The van der Waals surface area contributed by atoms with Crippen LogP contribution in [-0.2, 0) is 0 Å². The molecule has 0 unspecified atom stereocenters. The predicted octanol–water partition coefficient (Wildman–Crippen LogP) is 6.82. The summed E-state index contributed by atoms with van der Waals surface area (Å²) in [5, 5.41) is 21.2. The third kappa shape index (κ3) is 5.51. The fourth-order valence-corrected chi connectivity index (χ4v) is 5.88. The van der Waals surface area contributed by atoms with E-state index in [-0.39, 0.29) is 23.6 Å². The van der Waals surface area contributed by atoms with E-state index in [0.717, 1.165) is 49.5 Å². The van der Waals surface area contributed by atoms with Gasteiger partial charge in [0.15, 0.2) is 0 Å². The molecule has 3 aromatic rings. The zero-order chi connectivity index (χ0) is 22.5. The summed E-state index contributed by atoms with van der Waals surface area (Å²) in [7, 11) is 0. The quantitative estimate of drug-likeness (QED) is 0.235. The van der Waals surface area contributed by atoms with Crippen molar-refractivity contribution in [3.63, 3.8) is 0 Å². The standard InChI is InChI=1S/C26H24I2N2O2/c27-20-13-19(26(32)22(28)14-20)16-30-24-12-5-4-11-23(24)29-15-18-9-6-10-21(25(18)31)17-7-2-1-3-8-17/h1-3,6-10,13-16,23-24,31-32H,4-5,11-12H2/t23-,24-/m1/s1. The SMILES string of the molecule is Oc1c(I)cc(I)cc1C=N[C@@H]1CCCC[C@H]1N=Cc1cccc(-c2ccccc2)c1O. The first-order chi connectivity index (χ1) is 15.5. The lowest BCUT2D eigenvalue weighted by Crippen LogP contribution is -2.27. The van der Waals surface area contributed by atoms with Crippen molar-refractivity contribution in [2.24, 2.45) is 9.98 Å². The molecule has 3 aromatic carbocycles. The highest BCUT2D eigenvalue weighted by Crippen LogP contribution is 2.32. The second kappa shape index (κ2) is 10.8. The Labute approximate surface area is 215 Å². The lowest BCUT2D eigenvalue weighted by molar-refractivity contribution is 0.390. The maximum atomic E-state index is 10.8. The molecule has 0 heterocycles. The van der Waals surface area contributed by atoms with Crippen LogP contribution >= 0.6 is 45.2 Å². The van der Waals surface area contributed by atoms with Crippen LogP contribution in [0.1, 0.15) is 36.8 Å². The highest BCUT2D eigenvalue weighted by atomic mass is 127. The summed E-state index contributed by atoms with van der Waals surface area (Å²) >= 11 is 4.39. The number of para-hydroxylation sites is 1. The smallest absolute Gasteiger partial charge is 0.137 e. The first-order valence-corrected chi connectivity index (χ1v) is 12.8. The molecule has 2 atom stereocenters. The van der Waals surface area contributed by atoms with Gasteiger partial charge in [0.1, 0.15) is 11.5 Å². The number of aliphatic imine (C=N–C) groups is 2. The second-order valence-electron chi connectivity index (χ2n) is 7.91. The van der Waals surface area contributed by atoms with Crippen LogP contribution in [0.5, 0.6) is 11.5 Å². The lowest BCUT2D eigenvalue weighted by Gasteiger charge is -2.25. The zero-order valence-electron chi connectivity index (χ0n) is 17.5. The lowest BCUT2D eigenvalue weighted by atomic mass is 9.91. The van der Waals surface area contributed by atoms with Crippen LogP contribution in [-0.4, -0.2) is 34.7 Å². The van der Waals surface area contributed by atoms with Gasteiger partial charge in [-0.05, 0) is 81.8 Å². The van der Waals surface area contributed by atoms with Gasteiger partial charge in [0.25, 0.3) is 0 Å². The van der Waals surface area contributed by atoms with E-state index >= 15 is 0 Å². The van der Waals surface area contributed by atoms with E-state index < -0.39 is 0 Å². The number of aromatic hydroxyl groups is 2. The van der Waals surface area contributed by atoms with Crippen LogP contribution in [0.4, 0.5) is 0 Å². The third-order valence-corrected chi connectivity index (χ3v) is 7.16. The summed E-state index contributed by atoms with van der Waals surface area (Å²) in [4.78, 5) is 9.65. The highest BCUT2D eigenvalue weighted by molar-refractivity contribution is 14.1. The summed E-state index contributed by atoms with van der Waals surface area (Å²) in [6, 6.07) is 19.6. The molecule has 164 valence electrons. The number of hydrogen-bond donors (Lipinski definition) is 2. The fourth-order valence-electron chi connectivity index (χ4n) is 3.99. The molecule has 0 saturated heterocycles. The van der Waals surface area contributed by atoms with Gasteiger partial charge in [-0.25, -0.2) is 0 Å². The third-order valence-electron chi connectivity index (χ3n) is 5.71. The topological polar surface area (TPSA) is 65.2 Å². The average Bonchev–Trinajstić information content (AvgIpc) is 2.81. The summed E-state index contributed by atoms with van der Waals surface area (Å²) in [6.45, 7) is 0. The van der Waals surface area contributed by atoms with Crippen LogP contribution in [0.3, 0.4) is 0 Å². The molecule has 6 heteroatoms. The van der Waals surface area contributed by atoms with Crippen LogP contribution in [0.25, 0.3) is 11.1 Å². The molecule has 0 spiro atoms. The molecule has 1 fully saturated rings. The Bertz CT molecular complexity index is 1150. The second-order valence-corrected chi connectivity index (χ2v) is 10.3. The highest BCUT2D eigenvalue weighted by Gasteiger charge is 2.23. The average molecular weight is 650 g/mol. The molecular weight excluding hydrogens is 626 g/mol. The van der Waals surface area contributed by atoms with Crippen LogP contribution in [0.15, 0.2) is 70.6 Å². The maximum absolute atomic E-state index is 10.8. The molecule has 1 aliphatic rings. The Morgan fingerprint density at radius 2 is 1.41 bits per heavy atom. The van der Waals surface area contributed by atoms with Gasteiger partial charge in [-0.1, -0.05) is 55.3 Å².